The van der Waals surface area contributed by atoms with Crippen molar-refractivity contribution in [2.24, 2.45) is 0 Å². The standard InChI is InChI=1S/C31H40F2N4O3S/c1-9-24(27-21(19-38)11-10-12-26(27)40-28(32)33)37-25-17-20(14-16-23(25)34-29(37)36(7)8)13-15-22(18-31(5,6)39)35-41-30(2,3)4/h10-12,14,16-17,19,22,24,28,35,39H,9,18H2,1-8H3/t22?,24-/m1/s1. The van der Waals surface area contributed by atoms with Gasteiger partial charge < -0.3 is 19.3 Å². The molecule has 10 heteroatoms. The van der Waals surface area contributed by atoms with E-state index in [0.717, 1.165) is 11.1 Å². The molecule has 41 heavy (non-hydrogen) atoms. The Balaban J connectivity index is 2.17. The Morgan fingerprint density at radius 2 is 1.90 bits per heavy atom. The monoisotopic (exact) mass is 586 g/mol. The lowest BCUT2D eigenvalue weighted by Gasteiger charge is -2.26. The van der Waals surface area contributed by atoms with E-state index in [0.29, 0.717) is 36.2 Å². The second kappa shape index (κ2) is 13.2. The van der Waals surface area contributed by atoms with E-state index in [1.165, 1.54) is 12.1 Å². The number of nitrogens with zero attached hydrogens (tertiary/aromatic N) is 3. The SMILES string of the molecule is CC[C@H](c1c(C=O)cccc1OC(F)F)n1c(N(C)C)nc2ccc(C#CC(CC(C)(C)O)NSC(C)(C)C)cc21. The van der Waals surface area contributed by atoms with Gasteiger partial charge in [0.2, 0.25) is 5.95 Å². The number of carbonyl (C=O) groups excluding carboxylic acids is 1. The van der Waals surface area contributed by atoms with Crippen LogP contribution in [0.4, 0.5) is 14.7 Å². The van der Waals surface area contributed by atoms with Crippen LogP contribution in [-0.2, 0) is 0 Å². The molecule has 0 aliphatic rings. The summed E-state index contributed by atoms with van der Waals surface area (Å²) >= 11 is 1.57. The van der Waals surface area contributed by atoms with Crippen LogP contribution in [0.2, 0.25) is 0 Å². The number of benzene rings is 2. The molecule has 1 aromatic heterocycles. The summed E-state index contributed by atoms with van der Waals surface area (Å²) in [5.41, 5.74) is 1.91. The molecule has 0 aliphatic heterocycles. The number of aliphatic hydroxyl groups is 1. The second-order valence-corrected chi connectivity index (χ2v) is 13.4. The Kier molecular flexibility index (Phi) is 10.5. The summed E-state index contributed by atoms with van der Waals surface area (Å²) in [6.45, 7) is 8.70. The van der Waals surface area contributed by atoms with Gasteiger partial charge in [-0.1, -0.05) is 42.8 Å². The first-order valence-electron chi connectivity index (χ1n) is 13.5. The maximum Gasteiger partial charge on any atom is 0.387 e. The number of hydrogen-bond donors (Lipinski definition) is 2. The number of aromatic nitrogens is 2. The number of hydrogen-bond acceptors (Lipinski definition) is 7. The lowest BCUT2D eigenvalue weighted by molar-refractivity contribution is -0.0507. The summed E-state index contributed by atoms with van der Waals surface area (Å²) in [6.07, 6.45) is 1.57. The molecule has 0 radical (unpaired) electrons. The van der Waals surface area contributed by atoms with Crippen LogP contribution in [0.3, 0.4) is 0 Å². The highest BCUT2D eigenvalue weighted by Crippen LogP contribution is 2.38. The first-order chi connectivity index (χ1) is 19.1. The van der Waals surface area contributed by atoms with Crippen LogP contribution in [0.25, 0.3) is 11.0 Å². The molecule has 2 atom stereocenters. The van der Waals surface area contributed by atoms with Crippen molar-refractivity contribution in [2.75, 3.05) is 19.0 Å². The van der Waals surface area contributed by atoms with E-state index in [9.17, 15) is 18.7 Å². The van der Waals surface area contributed by atoms with Crippen molar-refractivity contribution in [1.82, 2.24) is 14.3 Å². The van der Waals surface area contributed by atoms with E-state index >= 15 is 0 Å². The molecule has 0 bridgehead atoms. The number of anilines is 1. The Hall–Kier alpha value is -3.13. The number of nitrogens with one attached hydrogen (secondary N) is 1. The molecule has 222 valence electrons. The van der Waals surface area contributed by atoms with Crippen LogP contribution >= 0.6 is 11.9 Å². The van der Waals surface area contributed by atoms with Crippen LogP contribution in [0, 0.1) is 11.8 Å². The van der Waals surface area contributed by atoms with Crippen molar-refractivity contribution in [2.45, 2.75) is 83.4 Å². The van der Waals surface area contributed by atoms with Gasteiger partial charge in [-0.05, 0) is 65.3 Å². The van der Waals surface area contributed by atoms with Crippen LogP contribution in [0.1, 0.15) is 81.9 Å². The zero-order valence-electron chi connectivity index (χ0n) is 25.0. The molecule has 7 nitrogen and oxygen atoms in total. The Morgan fingerprint density at radius 1 is 1.20 bits per heavy atom. The summed E-state index contributed by atoms with van der Waals surface area (Å²) in [5.74, 6) is 7.07. The normalized spacial score (nSPS) is 13.6. The molecule has 1 unspecified atom stereocenters. The van der Waals surface area contributed by atoms with Gasteiger partial charge in [-0.3, -0.25) is 4.79 Å². The molecule has 0 spiro atoms. The quantitative estimate of drug-likeness (QED) is 0.152. The van der Waals surface area contributed by atoms with Crippen LogP contribution in [-0.4, -0.2) is 58.0 Å². The number of alkyl halides is 2. The van der Waals surface area contributed by atoms with Gasteiger partial charge in [0.1, 0.15) is 5.75 Å². The number of rotatable bonds is 11. The van der Waals surface area contributed by atoms with E-state index in [4.69, 9.17) is 9.72 Å². The fraction of sp³-hybridized carbons (Fsp3) is 0.484. The first kappa shape index (κ1) is 32.4. The van der Waals surface area contributed by atoms with Crippen LogP contribution < -0.4 is 14.4 Å². The van der Waals surface area contributed by atoms with E-state index in [1.54, 1.807) is 31.9 Å². The van der Waals surface area contributed by atoms with Gasteiger partial charge in [0.15, 0.2) is 6.29 Å². The van der Waals surface area contributed by atoms with Crippen molar-refractivity contribution in [3.63, 3.8) is 0 Å². The van der Waals surface area contributed by atoms with Crippen LogP contribution in [0.5, 0.6) is 5.75 Å². The molecular weight excluding hydrogens is 546 g/mol. The Morgan fingerprint density at radius 3 is 2.46 bits per heavy atom. The number of fused-ring (bicyclic) bond motifs is 1. The number of halogens is 2. The second-order valence-electron chi connectivity index (χ2n) is 11.7. The number of carbonyl (C=O) groups is 1. The summed E-state index contributed by atoms with van der Waals surface area (Å²) in [7, 11) is 3.71. The number of ether oxygens (including phenoxy) is 1. The smallest absolute Gasteiger partial charge is 0.387 e. The van der Waals surface area contributed by atoms with E-state index in [1.807, 2.05) is 48.7 Å². The maximum atomic E-state index is 13.4. The minimum Gasteiger partial charge on any atom is -0.434 e. The summed E-state index contributed by atoms with van der Waals surface area (Å²) in [6, 6.07) is 9.46. The predicted molar refractivity (Wildman–Crippen MR) is 163 cm³/mol. The molecule has 2 aromatic carbocycles. The molecule has 0 aliphatic carbocycles. The van der Waals surface area contributed by atoms with Gasteiger partial charge in [0, 0.05) is 42.0 Å². The summed E-state index contributed by atoms with van der Waals surface area (Å²) in [5, 5.41) is 10.4. The van der Waals surface area contributed by atoms with Crippen molar-refractivity contribution in [3.8, 4) is 17.6 Å². The van der Waals surface area contributed by atoms with E-state index in [2.05, 4.69) is 37.3 Å². The van der Waals surface area contributed by atoms with E-state index < -0.39 is 18.3 Å². The van der Waals surface area contributed by atoms with Crippen molar-refractivity contribution in [1.29, 1.82) is 0 Å². The molecule has 0 saturated heterocycles. The molecule has 3 aromatic rings. The number of imidazole rings is 1. The topological polar surface area (TPSA) is 79.6 Å². The van der Waals surface area contributed by atoms with Crippen molar-refractivity contribution in [3.05, 3.63) is 53.1 Å². The largest absolute Gasteiger partial charge is 0.434 e. The molecule has 0 saturated carbocycles. The summed E-state index contributed by atoms with van der Waals surface area (Å²) < 4.78 is 36.9. The fourth-order valence-corrected chi connectivity index (χ4v) is 5.19. The molecule has 1 heterocycles. The molecule has 0 amide bonds. The Bertz CT molecular complexity index is 1410. The highest BCUT2D eigenvalue weighted by molar-refractivity contribution is 7.98. The van der Waals surface area contributed by atoms with Crippen molar-refractivity contribution >= 4 is 35.2 Å². The maximum absolute atomic E-state index is 13.4. The minimum absolute atomic E-state index is 0.0343. The van der Waals surface area contributed by atoms with Gasteiger partial charge in [-0.25, -0.2) is 9.71 Å². The average Bonchev–Trinajstić information content (AvgIpc) is 3.24. The summed E-state index contributed by atoms with van der Waals surface area (Å²) in [4.78, 5) is 18.7. The third-order valence-corrected chi connectivity index (χ3v) is 7.16. The molecule has 3 rings (SSSR count). The van der Waals surface area contributed by atoms with Gasteiger partial charge in [0.05, 0.1) is 28.7 Å². The van der Waals surface area contributed by atoms with E-state index in [-0.39, 0.29) is 22.1 Å². The molecular formula is C31H40F2N4O3S. The third-order valence-electron chi connectivity index (χ3n) is 6.15. The first-order valence-corrected chi connectivity index (χ1v) is 14.3. The Labute approximate surface area is 245 Å². The minimum atomic E-state index is -3.04. The zero-order chi connectivity index (χ0) is 30.5. The lowest BCUT2D eigenvalue weighted by atomic mass is 9.97. The van der Waals surface area contributed by atoms with Gasteiger partial charge in [-0.15, -0.1) is 0 Å². The average molecular weight is 587 g/mol. The predicted octanol–water partition coefficient (Wildman–Crippen LogP) is 6.43. The fourth-order valence-electron chi connectivity index (χ4n) is 4.56. The highest BCUT2D eigenvalue weighted by atomic mass is 32.2. The van der Waals surface area contributed by atoms with Crippen molar-refractivity contribution < 1.29 is 23.4 Å². The zero-order valence-corrected chi connectivity index (χ0v) is 25.8. The lowest BCUT2D eigenvalue weighted by Crippen LogP contribution is -2.34. The van der Waals surface area contributed by atoms with Gasteiger partial charge in [0.25, 0.3) is 0 Å². The molecule has 2 N–H and O–H groups in total. The highest BCUT2D eigenvalue weighted by Gasteiger charge is 2.27. The van der Waals surface area contributed by atoms with Crippen LogP contribution in [0.15, 0.2) is 36.4 Å². The third kappa shape index (κ3) is 8.68. The number of aldehydes is 1. The van der Waals surface area contributed by atoms with Gasteiger partial charge >= 0.3 is 6.61 Å². The van der Waals surface area contributed by atoms with Gasteiger partial charge in [-0.2, -0.15) is 8.78 Å². The molecule has 0 fully saturated rings.